The van der Waals surface area contributed by atoms with Gasteiger partial charge < -0.3 is 5.32 Å². The van der Waals surface area contributed by atoms with Gasteiger partial charge in [-0.2, -0.15) is 0 Å². The van der Waals surface area contributed by atoms with Crippen LogP contribution in [0, 0.1) is 0 Å². The fourth-order valence-corrected chi connectivity index (χ4v) is 3.33. The minimum Gasteiger partial charge on any atom is -0.372 e. The van der Waals surface area contributed by atoms with E-state index >= 15 is 0 Å². The minimum atomic E-state index is 0.809. The predicted molar refractivity (Wildman–Crippen MR) is 67.7 cm³/mol. The van der Waals surface area contributed by atoms with Crippen molar-refractivity contribution in [1.29, 1.82) is 0 Å². The average Bonchev–Trinajstić information content (AvgIpc) is 2.74. The van der Waals surface area contributed by atoms with Crippen LogP contribution >= 0.6 is 39.0 Å². The molecule has 0 aliphatic carbocycles. The van der Waals surface area contributed by atoms with Crippen LogP contribution in [0.2, 0.25) is 0 Å². The summed E-state index contributed by atoms with van der Waals surface area (Å²) in [7, 11) is 1.84. The molecule has 6 heteroatoms. The highest BCUT2D eigenvalue weighted by atomic mass is 79.9. The van der Waals surface area contributed by atoms with Crippen LogP contribution in [-0.2, 0) is 0 Å². The molecule has 0 atom stereocenters. The van der Waals surface area contributed by atoms with E-state index in [1.54, 1.807) is 29.4 Å². The highest BCUT2D eigenvalue weighted by Gasteiger charge is 2.09. The fourth-order valence-electron chi connectivity index (χ4n) is 1.02. The molecule has 0 aliphatic heterocycles. The maximum atomic E-state index is 4.23. The SMILES string of the molecule is CNc1ncnc(Sc2cccs2)c1Br. The third-order valence-electron chi connectivity index (χ3n) is 1.69. The van der Waals surface area contributed by atoms with E-state index in [9.17, 15) is 0 Å². The Labute approximate surface area is 104 Å². The van der Waals surface area contributed by atoms with Gasteiger partial charge in [-0.25, -0.2) is 9.97 Å². The van der Waals surface area contributed by atoms with E-state index in [0.717, 1.165) is 15.3 Å². The molecular weight excluding hydrogens is 294 g/mol. The first-order chi connectivity index (χ1) is 7.31. The van der Waals surface area contributed by atoms with Crippen molar-refractivity contribution in [1.82, 2.24) is 9.97 Å². The molecule has 0 spiro atoms. The topological polar surface area (TPSA) is 37.8 Å². The van der Waals surface area contributed by atoms with Crippen LogP contribution in [0.5, 0.6) is 0 Å². The Kier molecular flexibility index (Phi) is 3.61. The first-order valence-corrected chi connectivity index (χ1v) is 6.70. The van der Waals surface area contributed by atoms with Gasteiger partial charge >= 0.3 is 0 Å². The van der Waals surface area contributed by atoms with Crippen LogP contribution in [0.25, 0.3) is 0 Å². The van der Waals surface area contributed by atoms with Crippen molar-refractivity contribution in [2.75, 3.05) is 12.4 Å². The molecule has 0 saturated carbocycles. The van der Waals surface area contributed by atoms with Crippen LogP contribution in [0.15, 0.2) is 37.5 Å². The zero-order valence-corrected chi connectivity index (χ0v) is 11.1. The molecule has 78 valence electrons. The number of nitrogens with zero attached hydrogens (tertiary/aromatic N) is 2. The van der Waals surface area contributed by atoms with Crippen LogP contribution in [0.3, 0.4) is 0 Å². The van der Waals surface area contributed by atoms with Crippen molar-refractivity contribution in [2.45, 2.75) is 9.24 Å². The Balaban J connectivity index is 2.29. The molecule has 0 amide bonds. The lowest BCUT2D eigenvalue weighted by Crippen LogP contribution is -1.95. The lowest BCUT2D eigenvalue weighted by molar-refractivity contribution is 1.03. The number of anilines is 1. The van der Waals surface area contributed by atoms with Gasteiger partial charge in [0.25, 0.3) is 0 Å². The molecule has 1 N–H and O–H groups in total. The molecule has 2 rings (SSSR count). The summed E-state index contributed by atoms with van der Waals surface area (Å²) >= 11 is 6.82. The number of thiophene rings is 1. The van der Waals surface area contributed by atoms with E-state index < -0.39 is 0 Å². The maximum absolute atomic E-state index is 4.23. The number of rotatable bonds is 3. The van der Waals surface area contributed by atoms with E-state index in [0.29, 0.717) is 0 Å². The third-order valence-corrected chi connectivity index (χ3v) is 4.74. The van der Waals surface area contributed by atoms with Gasteiger partial charge in [-0.1, -0.05) is 17.8 Å². The molecule has 0 fully saturated rings. The summed E-state index contributed by atoms with van der Waals surface area (Å²) < 4.78 is 2.13. The van der Waals surface area contributed by atoms with Crippen molar-refractivity contribution >= 4 is 44.8 Å². The molecule has 0 saturated heterocycles. The smallest absolute Gasteiger partial charge is 0.144 e. The molecule has 2 aromatic rings. The van der Waals surface area contributed by atoms with Crippen molar-refractivity contribution in [3.63, 3.8) is 0 Å². The highest BCUT2D eigenvalue weighted by Crippen LogP contribution is 2.36. The monoisotopic (exact) mass is 301 g/mol. The Hall–Kier alpha value is -0.590. The second kappa shape index (κ2) is 4.96. The average molecular weight is 302 g/mol. The lowest BCUT2D eigenvalue weighted by Gasteiger charge is -2.05. The molecule has 0 radical (unpaired) electrons. The van der Waals surface area contributed by atoms with Crippen LogP contribution in [0.1, 0.15) is 0 Å². The molecular formula is C9H8BrN3S2. The summed E-state index contributed by atoms with van der Waals surface area (Å²) in [5.41, 5.74) is 0. The Morgan fingerprint density at radius 3 is 3.00 bits per heavy atom. The molecule has 0 bridgehead atoms. The summed E-state index contributed by atoms with van der Waals surface area (Å²) in [5, 5.41) is 5.99. The standard InChI is InChI=1S/C9H8BrN3S2/c1-11-8-7(10)9(13-5-12-8)15-6-3-2-4-14-6/h2-5H,1H3,(H,11,12,13). The van der Waals surface area contributed by atoms with Gasteiger partial charge in [0.05, 0.1) is 8.68 Å². The first-order valence-electron chi connectivity index (χ1n) is 4.21. The molecule has 2 aromatic heterocycles. The van der Waals surface area contributed by atoms with E-state index in [4.69, 9.17) is 0 Å². The summed E-state index contributed by atoms with van der Waals surface area (Å²) in [5.74, 6) is 0.809. The summed E-state index contributed by atoms with van der Waals surface area (Å²) in [4.78, 5) is 8.34. The number of hydrogen-bond acceptors (Lipinski definition) is 5. The Morgan fingerprint density at radius 2 is 2.33 bits per heavy atom. The first kappa shape index (κ1) is 10.9. The molecule has 0 aliphatic rings. The molecule has 15 heavy (non-hydrogen) atoms. The molecule has 3 nitrogen and oxygen atoms in total. The van der Waals surface area contributed by atoms with Gasteiger partial charge in [-0.05, 0) is 27.4 Å². The highest BCUT2D eigenvalue weighted by molar-refractivity contribution is 9.10. The number of hydrogen-bond donors (Lipinski definition) is 1. The van der Waals surface area contributed by atoms with Crippen molar-refractivity contribution < 1.29 is 0 Å². The lowest BCUT2D eigenvalue weighted by atomic mass is 10.6. The van der Waals surface area contributed by atoms with Gasteiger partial charge in [-0.15, -0.1) is 11.3 Å². The van der Waals surface area contributed by atoms with E-state index in [-0.39, 0.29) is 0 Å². The normalized spacial score (nSPS) is 10.3. The largest absolute Gasteiger partial charge is 0.372 e. The zero-order chi connectivity index (χ0) is 10.7. The molecule has 0 aromatic carbocycles. The van der Waals surface area contributed by atoms with Crippen LogP contribution in [0.4, 0.5) is 5.82 Å². The Morgan fingerprint density at radius 1 is 1.47 bits per heavy atom. The van der Waals surface area contributed by atoms with Crippen LogP contribution in [-0.4, -0.2) is 17.0 Å². The van der Waals surface area contributed by atoms with E-state index in [1.165, 1.54) is 4.21 Å². The van der Waals surface area contributed by atoms with Gasteiger partial charge in [-0.3, -0.25) is 0 Å². The van der Waals surface area contributed by atoms with E-state index in [1.807, 2.05) is 13.1 Å². The number of aromatic nitrogens is 2. The number of halogens is 1. The van der Waals surface area contributed by atoms with Crippen LogP contribution < -0.4 is 5.32 Å². The van der Waals surface area contributed by atoms with E-state index in [2.05, 4.69) is 42.7 Å². The second-order valence-corrected chi connectivity index (χ2v) is 5.66. The number of nitrogens with one attached hydrogen (secondary N) is 1. The fraction of sp³-hybridized carbons (Fsp3) is 0.111. The predicted octanol–water partition coefficient (Wildman–Crippen LogP) is 3.49. The van der Waals surface area contributed by atoms with Crippen molar-refractivity contribution in [3.8, 4) is 0 Å². The van der Waals surface area contributed by atoms with Gasteiger partial charge in [0, 0.05) is 7.05 Å². The van der Waals surface area contributed by atoms with Crippen molar-refractivity contribution in [3.05, 3.63) is 28.3 Å². The Bertz CT molecular complexity index is 445. The molecule has 2 heterocycles. The summed E-state index contributed by atoms with van der Waals surface area (Å²) in [6.45, 7) is 0. The van der Waals surface area contributed by atoms with Gasteiger partial charge in [0.1, 0.15) is 17.2 Å². The van der Waals surface area contributed by atoms with Gasteiger partial charge in [0.15, 0.2) is 0 Å². The molecule has 0 unspecified atom stereocenters. The summed E-state index contributed by atoms with van der Waals surface area (Å²) in [6, 6.07) is 4.10. The second-order valence-electron chi connectivity index (χ2n) is 2.63. The van der Waals surface area contributed by atoms with Crippen molar-refractivity contribution in [2.24, 2.45) is 0 Å². The quantitative estimate of drug-likeness (QED) is 0.881. The third kappa shape index (κ3) is 2.50. The summed E-state index contributed by atoms with van der Waals surface area (Å²) in [6.07, 6.45) is 1.56. The zero-order valence-electron chi connectivity index (χ0n) is 7.90. The van der Waals surface area contributed by atoms with Gasteiger partial charge in [0.2, 0.25) is 0 Å². The maximum Gasteiger partial charge on any atom is 0.144 e. The minimum absolute atomic E-state index is 0.809.